The molecule has 1 spiro atoms. The number of benzene rings is 1. The van der Waals surface area contributed by atoms with Gasteiger partial charge in [-0.25, -0.2) is 4.79 Å². The maximum absolute atomic E-state index is 13.0. The van der Waals surface area contributed by atoms with Crippen LogP contribution in [0.4, 0.5) is 4.79 Å². The number of amides is 4. The number of rotatable bonds is 7. The maximum atomic E-state index is 13.0. The number of nitrogens with zero attached hydrogens (tertiary/aromatic N) is 1. The zero-order valence-corrected chi connectivity index (χ0v) is 15.6. The van der Waals surface area contributed by atoms with E-state index in [4.69, 9.17) is 9.47 Å². The summed E-state index contributed by atoms with van der Waals surface area (Å²) in [5, 5.41) is 5.49. The van der Waals surface area contributed by atoms with Crippen LogP contribution >= 0.6 is 0 Å². The molecule has 0 aromatic heterocycles. The van der Waals surface area contributed by atoms with Gasteiger partial charge in [0, 0.05) is 25.1 Å². The number of ether oxygens (including phenoxy) is 2. The number of nitrogens with one attached hydrogen (secondary N) is 2. The summed E-state index contributed by atoms with van der Waals surface area (Å²) >= 11 is 0. The van der Waals surface area contributed by atoms with Crippen molar-refractivity contribution >= 4 is 17.8 Å². The molecule has 0 bridgehead atoms. The van der Waals surface area contributed by atoms with Crippen LogP contribution in [0.2, 0.25) is 0 Å². The third-order valence-electron chi connectivity index (χ3n) is 4.65. The van der Waals surface area contributed by atoms with Gasteiger partial charge in [-0.05, 0) is 26.3 Å². The largest absolute Gasteiger partial charge is 0.493 e. The summed E-state index contributed by atoms with van der Waals surface area (Å²) in [5.74, 6) is -0.212. The smallest absolute Gasteiger partial charge is 0.325 e. The monoisotopic (exact) mass is 375 g/mol. The van der Waals surface area contributed by atoms with Crippen LogP contribution in [0.3, 0.4) is 0 Å². The molecule has 1 aromatic rings. The highest BCUT2D eigenvalue weighted by atomic mass is 16.5. The molecule has 0 aliphatic carbocycles. The molecular formula is C19H25N3O5. The SMILES string of the molecule is CC(C)OCCCNC(=O)CN1C(=O)NC2(CCOc3ccccc32)C1=O. The highest BCUT2D eigenvalue weighted by Crippen LogP contribution is 2.40. The Kier molecular flexibility index (Phi) is 5.65. The van der Waals surface area contributed by atoms with Crippen LogP contribution in [-0.4, -0.2) is 55.2 Å². The van der Waals surface area contributed by atoms with Gasteiger partial charge in [-0.3, -0.25) is 14.5 Å². The molecule has 0 radical (unpaired) electrons. The molecule has 3 rings (SSSR count). The van der Waals surface area contributed by atoms with Crippen molar-refractivity contribution in [2.45, 2.75) is 38.3 Å². The van der Waals surface area contributed by atoms with E-state index in [1.54, 1.807) is 18.2 Å². The summed E-state index contributed by atoms with van der Waals surface area (Å²) < 4.78 is 11.0. The van der Waals surface area contributed by atoms with E-state index in [2.05, 4.69) is 10.6 Å². The first-order chi connectivity index (χ1) is 12.9. The van der Waals surface area contributed by atoms with Crippen molar-refractivity contribution in [3.63, 3.8) is 0 Å². The van der Waals surface area contributed by atoms with E-state index in [-0.39, 0.29) is 18.6 Å². The Morgan fingerprint density at radius 2 is 2.15 bits per heavy atom. The van der Waals surface area contributed by atoms with Crippen molar-refractivity contribution < 1.29 is 23.9 Å². The third-order valence-corrected chi connectivity index (χ3v) is 4.65. The second-order valence-electron chi connectivity index (χ2n) is 6.94. The van der Waals surface area contributed by atoms with Crippen LogP contribution in [0, 0.1) is 0 Å². The quantitative estimate of drug-likeness (QED) is 0.550. The first kappa shape index (κ1) is 19.2. The first-order valence-electron chi connectivity index (χ1n) is 9.19. The molecule has 1 unspecified atom stereocenters. The highest BCUT2D eigenvalue weighted by Gasteiger charge is 2.55. The average Bonchev–Trinajstić information content (AvgIpc) is 2.86. The van der Waals surface area contributed by atoms with E-state index in [0.29, 0.717) is 43.9 Å². The number of urea groups is 1. The van der Waals surface area contributed by atoms with Gasteiger partial charge in [0.1, 0.15) is 12.3 Å². The summed E-state index contributed by atoms with van der Waals surface area (Å²) in [7, 11) is 0. The van der Waals surface area contributed by atoms with Gasteiger partial charge in [0.2, 0.25) is 5.91 Å². The molecule has 8 nitrogen and oxygen atoms in total. The first-order valence-corrected chi connectivity index (χ1v) is 9.19. The Hall–Kier alpha value is -2.61. The summed E-state index contributed by atoms with van der Waals surface area (Å²) in [4.78, 5) is 38.6. The summed E-state index contributed by atoms with van der Waals surface area (Å²) in [6, 6.07) is 6.58. The normalized spacial score (nSPS) is 21.2. The number of carbonyl (C=O) groups is 3. The Labute approximate surface area is 158 Å². The Bertz CT molecular complexity index is 736. The zero-order chi connectivity index (χ0) is 19.4. The second-order valence-corrected chi connectivity index (χ2v) is 6.94. The van der Waals surface area contributed by atoms with Gasteiger partial charge >= 0.3 is 6.03 Å². The van der Waals surface area contributed by atoms with E-state index < -0.39 is 17.5 Å². The fourth-order valence-electron chi connectivity index (χ4n) is 3.33. The van der Waals surface area contributed by atoms with E-state index >= 15 is 0 Å². The fraction of sp³-hybridized carbons (Fsp3) is 0.526. The van der Waals surface area contributed by atoms with Crippen molar-refractivity contribution in [1.29, 1.82) is 0 Å². The molecule has 1 fully saturated rings. The Morgan fingerprint density at radius 3 is 2.93 bits per heavy atom. The predicted octanol–water partition coefficient (Wildman–Crippen LogP) is 1.15. The minimum Gasteiger partial charge on any atom is -0.493 e. The molecule has 1 saturated heterocycles. The second kappa shape index (κ2) is 7.96. The molecule has 146 valence electrons. The minimum atomic E-state index is -1.16. The molecule has 2 aliphatic heterocycles. The lowest BCUT2D eigenvalue weighted by Crippen LogP contribution is -2.48. The van der Waals surface area contributed by atoms with Crippen LogP contribution in [0.15, 0.2) is 24.3 Å². The summed E-state index contributed by atoms with van der Waals surface area (Å²) in [5.41, 5.74) is -0.527. The molecule has 0 saturated carbocycles. The number of carbonyl (C=O) groups excluding carboxylic acids is 3. The van der Waals surface area contributed by atoms with Gasteiger partial charge in [-0.2, -0.15) is 0 Å². The van der Waals surface area contributed by atoms with Crippen molar-refractivity contribution in [3.05, 3.63) is 29.8 Å². The van der Waals surface area contributed by atoms with Gasteiger partial charge in [-0.1, -0.05) is 18.2 Å². The van der Waals surface area contributed by atoms with Crippen molar-refractivity contribution in [2.24, 2.45) is 0 Å². The lowest BCUT2D eigenvalue weighted by molar-refractivity contribution is -0.136. The molecule has 8 heteroatoms. The van der Waals surface area contributed by atoms with E-state index in [1.807, 2.05) is 19.9 Å². The number of fused-ring (bicyclic) bond motifs is 2. The van der Waals surface area contributed by atoms with Crippen LogP contribution in [0.25, 0.3) is 0 Å². The lowest BCUT2D eigenvalue weighted by Gasteiger charge is -2.33. The molecule has 1 aromatic carbocycles. The molecule has 27 heavy (non-hydrogen) atoms. The Morgan fingerprint density at radius 1 is 1.37 bits per heavy atom. The van der Waals surface area contributed by atoms with E-state index in [9.17, 15) is 14.4 Å². The number of imide groups is 1. The predicted molar refractivity (Wildman–Crippen MR) is 97.2 cm³/mol. The van der Waals surface area contributed by atoms with E-state index in [1.165, 1.54) is 0 Å². The van der Waals surface area contributed by atoms with Gasteiger partial charge in [-0.15, -0.1) is 0 Å². The van der Waals surface area contributed by atoms with Crippen molar-refractivity contribution in [2.75, 3.05) is 26.3 Å². The molecule has 2 heterocycles. The topological polar surface area (TPSA) is 97.0 Å². The molecule has 1 atom stereocenters. The van der Waals surface area contributed by atoms with Gasteiger partial charge in [0.15, 0.2) is 5.54 Å². The minimum absolute atomic E-state index is 0.144. The summed E-state index contributed by atoms with van der Waals surface area (Å²) in [6.45, 7) is 4.87. The van der Waals surface area contributed by atoms with Gasteiger partial charge < -0.3 is 20.1 Å². The van der Waals surface area contributed by atoms with Crippen LogP contribution in [0.5, 0.6) is 5.75 Å². The molecular weight excluding hydrogens is 350 g/mol. The van der Waals surface area contributed by atoms with Crippen LogP contribution in [0.1, 0.15) is 32.3 Å². The molecule has 2 aliphatic rings. The van der Waals surface area contributed by atoms with Crippen molar-refractivity contribution in [1.82, 2.24) is 15.5 Å². The van der Waals surface area contributed by atoms with E-state index in [0.717, 1.165) is 4.90 Å². The third kappa shape index (κ3) is 3.90. The summed E-state index contributed by atoms with van der Waals surface area (Å²) in [6.07, 6.45) is 1.14. The number of para-hydroxylation sites is 1. The Balaban J connectivity index is 1.61. The molecule has 2 N–H and O–H groups in total. The standard InChI is InChI=1S/C19H25N3O5/c1-13(2)26-10-5-9-20-16(23)12-22-17(24)19(21-18(22)25)8-11-27-15-7-4-3-6-14(15)19/h3-4,6-7,13H,5,8-12H2,1-2H3,(H,20,23)(H,21,25). The van der Waals surface area contributed by atoms with Gasteiger partial charge in [0.25, 0.3) is 5.91 Å². The fourth-order valence-corrected chi connectivity index (χ4v) is 3.33. The zero-order valence-electron chi connectivity index (χ0n) is 15.6. The number of hydrogen-bond donors (Lipinski definition) is 2. The average molecular weight is 375 g/mol. The van der Waals surface area contributed by atoms with Crippen LogP contribution < -0.4 is 15.4 Å². The maximum Gasteiger partial charge on any atom is 0.325 e. The van der Waals surface area contributed by atoms with Crippen molar-refractivity contribution in [3.8, 4) is 5.75 Å². The number of hydrogen-bond acceptors (Lipinski definition) is 5. The highest BCUT2D eigenvalue weighted by molar-refractivity contribution is 6.09. The lowest BCUT2D eigenvalue weighted by atomic mass is 9.84. The van der Waals surface area contributed by atoms with Gasteiger partial charge in [0.05, 0.1) is 12.7 Å². The van der Waals surface area contributed by atoms with Crippen LogP contribution in [-0.2, 0) is 19.9 Å². The molecule has 4 amide bonds.